The number of carbonyl (C=O) groups is 1. The van der Waals surface area contributed by atoms with Crippen molar-refractivity contribution in [2.75, 3.05) is 13.1 Å². The van der Waals surface area contributed by atoms with Crippen molar-refractivity contribution in [3.8, 4) is 11.3 Å². The third-order valence-corrected chi connectivity index (χ3v) is 5.75. The Morgan fingerprint density at radius 1 is 1.26 bits per heavy atom. The molecule has 0 saturated carbocycles. The number of amides is 1. The average molecular weight is 377 g/mol. The molecule has 1 fully saturated rings. The standard InChI is InChI=1S/C21H19N3O2S/c1-14-4-2-7-18-19(14)23-21(27-18)26-17-8-10-24(11-9-17)20(25)16-6-3-5-15(12-16)13-22/h2-7,12,17H,8-11H2,1H3. The molecule has 1 aliphatic rings. The largest absolute Gasteiger partial charge is 0.467 e. The molecule has 0 spiro atoms. The van der Waals surface area contributed by atoms with Gasteiger partial charge in [0, 0.05) is 31.5 Å². The first-order valence-corrected chi connectivity index (χ1v) is 9.78. The number of piperidine rings is 1. The molecule has 1 saturated heterocycles. The summed E-state index contributed by atoms with van der Waals surface area (Å²) in [5.41, 5.74) is 3.22. The van der Waals surface area contributed by atoms with Crippen molar-refractivity contribution in [3.05, 3.63) is 59.2 Å². The molecule has 27 heavy (non-hydrogen) atoms. The molecule has 0 aliphatic carbocycles. The summed E-state index contributed by atoms with van der Waals surface area (Å²) in [6.07, 6.45) is 1.62. The summed E-state index contributed by atoms with van der Waals surface area (Å²) < 4.78 is 7.23. The van der Waals surface area contributed by atoms with Crippen LogP contribution in [-0.4, -0.2) is 35.0 Å². The second kappa shape index (κ2) is 7.37. The van der Waals surface area contributed by atoms with Crippen molar-refractivity contribution in [2.45, 2.75) is 25.9 Å². The minimum Gasteiger partial charge on any atom is -0.467 e. The third kappa shape index (κ3) is 3.64. The van der Waals surface area contributed by atoms with Gasteiger partial charge in [0.25, 0.3) is 11.1 Å². The van der Waals surface area contributed by atoms with Crippen molar-refractivity contribution < 1.29 is 9.53 Å². The number of nitriles is 1. The van der Waals surface area contributed by atoms with Crippen molar-refractivity contribution >= 4 is 27.5 Å². The van der Waals surface area contributed by atoms with E-state index in [1.165, 1.54) is 0 Å². The van der Waals surface area contributed by atoms with E-state index in [-0.39, 0.29) is 12.0 Å². The van der Waals surface area contributed by atoms with Crippen LogP contribution >= 0.6 is 11.3 Å². The second-order valence-corrected chi connectivity index (χ2v) is 7.70. The first-order valence-electron chi connectivity index (χ1n) is 8.96. The normalized spacial score (nSPS) is 14.9. The highest BCUT2D eigenvalue weighted by Gasteiger charge is 2.25. The molecule has 0 atom stereocenters. The highest BCUT2D eigenvalue weighted by atomic mass is 32.1. The molecule has 1 aromatic heterocycles. The Hall–Kier alpha value is -2.91. The van der Waals surface area contributed by atoms with Crippen LogP contribution < -0.4 is 4.74 Å². The number of thiazole rings is 1. The molecule has 2 heterocycles. The van der Waals surface area contributed by atoms with Gasteiger partial charge in [0.2, 0.25) is 0 Å². The lowest BCUT2D eigenvalue weighted by molar-refractivity contribution is 0.0595. The number of hydrogen-bond donors (Lipinski definition) is 0. The molecule has 3 aromatic rings. The van der Waals surface area contributed by atoms with E-state index in [9.17, 15) is 4.79 Å². The zero-order valence-corrected chi connectivity index (χ0v) is 15.8. The molecule has 2 aromatic carbocycles. The highest BCUT2D eigenvalue weighted by Crippen LogP contribution is 2.31. The zero-order valence-electron chi connectivity index (χ0n) is 15.0. The van der Waals surface area contributed by atoms with Gasteiger partial charge in [-0.1, -0.05) is 29.5 Å². The number of likely N-dealkylation sites (tertiary alicyclic amines) is 1. The van der Waals surface area contributed by atoms with Crippen LogP contribution in [0.1, 0.15) is 34.3 Å². The number of fused-ring (bicyclic) bond motifs is 1. The molecule has 0 unspecified atom stereocenters. The van der Waals surface area contributed by atoms with E-state index >= 15 is 0 Å². The van der Waals surface area contributed by atoms with Crippen molar-refractivity contribution in [1.82, 2.24) is 9.88 Å². The van der Waals surface area contributed by atoms with Crippen molar-refractivity contribution in [1.29, 1.82) is 5.26 Å². The van der Waals surface area contributed by atoms with E-state index < -0.39 is 0 Å². The van der Waals surface area contributed by atoms with Gasteiger partial charge in [-0.05, 0) is 36.8 Å². The number of aryl methyl sites for hydroxylation is 1. The lowest BCUT2D eigenvalue weighted by Gasteiger charge is -2.31. The van der Waals surface area contributed by atoms with E-state index in [2.05, 4.69) is 30.1 Å². The molecule has 4 rings (SSSR count). The van der Waals surface area contributed by atoms with Gasteiger partial charge >= 0.3 is 0 Å². The Morgan fingerprint density at radius 3 is 2.78 bits per heavy atom. The van der Waals surface area contributed by atoms with Crippen molar-refractivity contribution in [2.24, 2.45) is 0 Å². The van der Waals surface area contributed by atoms with Crippen LogP contribution in [0.3, 0.4) is 0 Å². The van der Waals surface area contributed by atoms with E-state index in [0.29, 0.717) is 29.4 Å². The van der Waals surface area contributed by atoms with Gasteiger partial charge in [0.1, 0.15) is 6.10 Å². The number of carbonyl (C=O) groups excluding carboxylic acids is 1. The van der Waals surface area contributed by atoms with Crippen LogP contribution in [0.15, 0.2) is 42.5 Å². The molecule has 1 aliphatic heterocycles. The zero-order chi connectivity index (χ0) is 18.8. The van der Waals surface area contributed by atoms with Gasteiger partial charge in [0.15, 0.2) is 0 Å². The lowest BCUT2D eigenvalue weighted by Crippen LogP contribution is -2.41. The number of hydrogen-bond acceptors (Lipinski definition) is 5. The lowest BCUT2D eigenvalue weighted by atomic mass is 10.1. The Kier molecular flexibility index (Phi) is 4.78. The Bertz CT molecular complexity index is 1030. The number of ether oxygens (including phenoxy) is 1. The smallest absolute Gasteiger partial charge is 0.274 e. The molecule has 6 heteroatoms. The van der Waals surface area contributed by atoms with Gasteiger partial charge in [-0.3, -0.25) is 4.79 Å². The summed E-state index contributed by atoms with van der Waals surface area (Å²) in [6.45, 7) is 3.34. The number of rotatable bonds is 3. The first-order chi connectivity index (χ1) is 13.1. The fourth-order valence-electron chi connectivity index (χ4n) is 3.34. The predicted octanol–water partition coefficient (Wildman–Crippen LogP) is 4.16. The number of nitrogens with zero attached hydrogens (tertiary/aromatic N) is 3. The molecule has 0 radical (unpaired) electrons. The van der Waals surface area contributed by atoms with E-state index in [1.807, 2.05) is 11.0 Å². The summed E-state index contributed by atoms with van der Waals surface area (Å²) in [6, 6.07) is 15.1. The Labute approximate surface area is 161 Å². The maximum absolute atomic E-state index is 12.7. The molecule has 0 N–H and O–H groups in total. The van der Waals surface area contributed by atoms with Gasteiger partial charge in [0.05, 0.1) is 21.8 Å². The second-order valence-electron chi connectivity index (χ2n) is 6.70. The summed E-state index contributed by atoms with van der Waals surface area (Å²) >= 11 is 1.57. The summed E-state index contributed by atoms with van der Waals surface area (Å²) in [5, 5.41) is 9.70. The van der Waals surface area contributed by atoms with Gasteiger partial charge in [-0.2, -0.15) is 5.26 Å². The van der Waals surface area contributed by atoms with Crippen LogP contribution in [-0.2, 0) is 0 Å². The van der Waals surface area contributed by atoms with Crippen molar-refractivity contribution in [3.63, 3.8) is 0 Å². The van der Waals surface area contributed by atoms with E-state index in [0.717, 1.165) is 28.6 Å². The molecular formula is C21H19N3O2S. The maximum atomic E-state index is 12.7. The quantitative estimate of drug-likeness (QED) is 0.687. The van der Waals surface area contributed by atoms with Crippen LogP contribution in [0.4, 0.5) is 0 Å². The monoisotopic (exact) mass is 377 g/mol. The number of benzene rings is 2. The van der Waals surface area contributed by atoms with Crippen LogP contribution in [0.25, 0.3) is 10.2 Å². The molecule has 0 bridgehead atoms. The average Bonchev–Trinajstić information content (AvgIpc) is 3.12. The SMILES string of the molecule is Cc1cccc2sc(OC3CCN(C(=O)c4cccc(C#N)c4)CC3)nc12. The Balaban J connectivity index is 1.39. The minimum absolute atomic E-state index is 0.0267. The fraction of sp³-hybridized carbons (Fsp3) is 0.286. The van der Waals surface area contributed by atoms with Gasteiger partial charge < -0.3 is 9.64 Å². The molecular weight excluding hydrogens is 358 g/mol. The summed E-state index contributed by atoms with van der Waals surface area (Å²) in [5.74, 6) is -0.0267. The van der Waals surface area contributed by atoms with Gasteiger partial charge in [-0.25, -0.2) is 4.98 Å². The Morgan fingerprint density at radius 2 is 2.04 bits per heavy atom. The minimum atomic E-state index is -0.0267. The molecule has 1 amide bonds. The van der Waals surface area contributed by atoms with Crippen LogP contribution in [0.5, 0.6) is 5.19 Å². The summed E-state index contributed by atoms with van der Waals surface area (Å²) in [7, 11) is 0. The first kappa shape index (κ1) is 17.5. The highest BCUT2D eigenvalue weighted by molar-refractivity contribution is 7.20. The topological polar surface area (TPSA) is 66.2 Å². The van der Waals surface area contributed by atoms with Crippen LogP contribution in [0.2, 0.25) is 0 Å². The van der Waals surface area contributed by atoms with Gasteiger partial charge in [-0.15, -0.1) is 0 Å². The maximum Gasteiger partial charge on any atom is 0.274 e. The fourth-order valence-corrected chi connectivity index (χ4v) is 4.30. The number of para-hydroxylation sites is 1. The molecule has 136 valence electrons. The van der Waals surface area contributed by atoms with E-state index in [4.69, 9.17) is 10.00 Å². The predicted molar refractivity (Wildman–Crippen MR) is 105 cm³/mol. The number of aromatic nitrogens is 1. The molecule has 5 nitrogen and oxygen atoms in total. The summed E-state index contributed by atoms with van der Waals surface area (Å²) in [4.78, 5) is 19.1. The third-order valence-electron chi connectivity index (χ3n) is 4.84. The van der Waals surface area contributed by atoms with E-state index in [1.54, 1.807) is 35.6 Å². The van der Waals surface area contributed by atoms with Crippen LogP contribution in [0, 0.1) is 18.3 Å².